The van der Waals surface area contributed by atoms with E-state index in [-0.39, 0.29) is 158 Å². The predicted octanol–water partition coefficient (Wildman–Crippen LogP) is 11.2. The van der Waals surface area contributed by atoms with Crippen molar-refractivity contribution in [3.05, 3.63) is 214 Å². The number of rotatable bonds is 28. The molecule has 0 fully saturated rings. The van der Waals surface area contributed by atoms with Crippen molar-refractivity contribution in [1.29, 1.82) is 0 Å². The summed E-state index contributed by atoms with van der Waals surface area (Å²) in [6, 6.07) is 48.8. The number of hydrogen-bond acceptors (Lipinski definition) is 22. The number of carboxylic acid groups (broad SMARTS) is 2. The number of carbonyl (C=O) groups excluding carboxylic acids is 4. The van der Waals surface area contributed by atoms with Crippen LogP contribution in [0.15, 0.2) is 210 Å². The Hall–Kier alpha value is -13.2. The van der Waals surface area contributed by atoms with E-state index in [1.165, 1.54) is 88.7 Å². The molecule has 32 nitrogen and oxygen atoms in total. The van der Waals surface area contributed by atoms with Gasteiger partial charge in [-0.2, -0.15) is 0 Å². The molecule has 0 aromatic heterocycles. The zero-order valence-corrected chi connectivity index (χ0v) is 69.5. The fourth-order valence-electron chi connectivity index (χ4n) is 12.6. The van der Waals surface area contributed by atoms with Gasteiger partial charge in [-0.25, -0.2) is 35.9 Å². The molecule has 2 heterocycles. The van der Waals surface area contributed by atoms with Crippen LogP contribution in [0.5, 0.6) is 11.5 Å². The number of thiocarbonyl (C=S) groups is 2. The van der Waals surface area contributed by atoms with Gasteiger partial charge in [0.25, 0.3) is 0 Å². The number of nitrogens with one attached hydrogen (secondary N) is 10. The zero-order valence-electron chi connectivity index (χ0n) is 66.2. The summed E-state index contributed by atoms with van der Waals surface area (Å²) in [7, 11) is 3.18. The van der Waals surface area contributed by atoms with Gasteiger partial charge in [-0.1, -0.05) is 90.4 Å². The van der Waals surface area contributed by atoms with Gasteiger partial charge in [0.2, 0.25) is 43.7 Å². The monoisotopic (exact) mass is 1780 g/mol. The molecular formula is C88H104N12O20S4. The van der Waals surface area contributed by atoms with Crippen LogP contribution < -0.4 is 72.6 Å². The van der Waals surface area contributed by atoms with Crippen molar-refractivity contribution in [2.45, 2.75) is 53.3 Å². The fourth-order valence-corrected chi connectivity index (χ4v) is 15.5. The number of sulfonamides is 2. The highest BCUT2D eigenvalue weighted by atomic mass is 32.2. The second-order valence-electron chi connectivity index (χ2n) is 26.9. The van der Waals surface area contributed by atoms with Gasteiger partial charge in [0.1, 0.15) is 47.4 Å². The first-order chi connectivity index (χ1) is 57.2. The maximum atomic E-state index is 12.6. The molecule has 0 saturated carbocycles. The summed E-state index contributed by atoms with van der Waals surface area (Å²) in [5, 5.41) is 66.8. The van der Waals surface area contributed by atoms with Crippen molar-refractivity contribution in [1.82, 2.24) is 41.3 Å². The van der Waals surface area contributed by atoms with E-state index in [2.05, 4.69) is 52.0 Å². The van der Waals surface area contributed by atoms with Crippen LogP contribution in [0.1, 0.15) is 64.3 Å². The number of amides is 4. The Morgan fingerprint density at radius 2 is 0.742 bits per heavy atom. The molecular weight excluding hydrogens is 1670 g/mol. The van der Waals surface area contributed by atoms with Gasteiger partial charge in [-0.3, -0.25) is 28.8 Å². The van der Waals surface area contributed by atoms with Gasteiger partial charge >= 0.3 is 11.9 Å². The molecule has 2 aliphatic heterocycles. The van der Waals surface area contributed by atoms with Crippen molar-refractivity contribution < 1.29 is 84.3 Å². The molecule has 2 aliphatic carbocycles. The molecule has 8 aromatic rings. The van der Waals surface area contributed by atoms with E-state index in [1.54, 1.807) is 84.9 Å². The van der Waals surface area contributed by atoms with Crippen LogP contribution in [0.2, 0.25) is 0 Å². The van der Waals surface area contributed by atoms with Crippen LogP contribution in [0.4, 0.5) is 22.7 Å². The van der Waals surface area contributed by atoms with E-state index in [4.69, 9.17) is 42.7 Å². The molecule has 660 valence electrons. The van der Waals surface area contributed by atoms with Gasteiger partial charge in [-0.15, -0.1) is 0 Å². The molecule has 12 rings (SSSR count). The van der Waals surface area contributed by atoms with Crippen molar-refractivity contribution in [3.63, 3.8) is 0 Å². The van der Waals surface area contributed by atoms with Crippen LogP contribution in [0.25, 0.3) is 88.4 Å². The van der Waals surface area contributed by atoms with Crippen molar-refractivity contribution in [2.75, 3.05) is 128 Å². The quantitative estimate of drug-likeness (QED) is 0.0123. The van der Waals surface area contributed by atoms with Crippen LogP contribution in [0, 0.1) is 0 Å². The number of ether oxygens (including phenoxy) is 2. The molecule has 0 bridgehead atoms. The molecule has 8 aromatic carbocycles. The van der Waals surface area contributed by atoms with Crippen molar-refractivity contribution >= 4 is 157 Å². The standard InChI is InChI=1S/C26H23N3O7S.C25H21N3O6S.C17H23N3O4S.C16H21N3O3S.4CH4/c1-35-13-23(32)27-8-9-28-26(37)29-14-2-5-17(20(10-14)25(33)34)24-18-6-3-15(30)11-21(18)36-22-12-16(31)4-7-19(22)24;1-13(29)26-8-9-27-25(35)28-14-2-5-17(20(10-14)24(32)33)23-18-6-3-15(30)11-21(18)34-22-12-16(31)4-7-19(22)23;1-20(2)15-8-4-7-14-13(15)6-5-9-16(14)25(22,23)19-11-10-18-17(21)12-24-3;1-12(20)17-10-11-18-23(21,22)16-9-5-6-13-14(16)7-4-8-15(13)19(2)3;;;;/h2-7,10-12,30H,8-9,13H2,1H3,(H,27,32)(H,33,34)(H2,28,29,37);2-7,10-12,30H,8-9H2,1H3,(H,26,29)(H,32,33)(H2,27,28,35);4-9,19H,10-12H2,1-3H3,(H,18,21);4-9,18H,10-11H2,1-3H3,(H,17,20);4*1H4. The van der Waals surface area contributed by atoms with Crippen molar-refractivity contribution in [3.8, 4) is 56.4 Å². The summed E-state index contributed by atoms with van der Waals surface area (Å²) in [4.78, 5) is 97.3. The highest BCUT2D eigenvalue weighted by Crippen LogP contribution is 2.45. The SMILES string of the molecule is C.C.C.C.CC(=O)NCCNC(=S)Nc1ccc(-c2c3ccc(=O)cc-3oc3cc(O)ccc23)c(C(=O)O)c1.CC(=O)NCCNS(=O)(=O)c1cccc2c(N(C)C)cccc12.COCC(=O)NCCNC(=S)Nc1ccc(-c2c3ccc(=O)cc-3oc3cc(O)ccc23)c(C(=O)O)c1.COCC(=O)NCCNS(=O)(=O)c1cccc2c(N(C)C)cccc12. The maximum absolute atomic E-state index is 12.6. The molecule has 14 N–H and O–H groups in total. The van der Waals surface area contributed by atoms with E-state index < -0.39 is 32.0 Å². The van der Waals surface area contributed by atoms with Gasteiger partial charge in [0, 0.05) is 210 Å². The lowest BCUT2D eigenvalue weighted by Crippen LogP contribution is -2.37. The molecule has 0 saturated heterocycles. The average Bonchev–Trinajstić information content (AvgIpc) is 0.747. The molecule has 4 aliphatic rings. The summed E-state index contributed by atoms with van der Waals surface area (Å²) in [5.41, 5.74) is 5.89. The number of aromatic carboxylic acids is 2. The third-order valence-electron chi connectivity index (χ3n) is 17.8. The highest BCUT2D eigenvalue weighted by Gasteiger charge is 2.27. The third kappa shape index (κ3) is 26.9. The summed E-state index contributed by atoms with van der Waals surface area (Å²) in [6.45, 7) is 4.86. The summed E-state index contributed by atoms with van der Waals surface area (Å²) < 4.78 is 76.5. The summed E-state index contributed by atoms with van der Waals surface area (Å²) >= 11 is 10.5. The minimum atomic E-state index is -3.69. The van der Waals surface area contributed by atoms with Crippen LogP contribution >= 0.6 is 24.4 Å². The van der Waals surface area contributed by atoms with Gasteiger partial charge in [0.05, 0.1) is 20.9 Å². The van der Waals surface area contributed by atoms with Crippen LogP contribution in [0.3, 0.4) is 0 Å². The Bertz CT molecular complexity index is 6150. The maximum Gasteiger partial charge on any atom is 0.336 e. The molecule has 0 radical (unpaired) electrons. The smallest absolute Gasteiger partial charge is 0.336 e. The number of carbonyl (C=O) groups is 6. The Morgan fingerprint density at radius 1 is 0.403 bits per heavy atom. The Kier molecular flexibility index (Phi) is 38.2. The number of hydrogen-bond donors (Lipinski definition) is 14. The molecule has 124 heavy (non-hydrogen) atoms. The largest absolute Gasteiger partial charge is 0.508 e. The molecule has 0 atom stereocenters. The first-order valence-electron chi connectivity index (χ1n) is 36.8. The third-order valence-corrected chi connectivity index (χ3v) is 21.3. The second kappa shape index (κ2) is 46.7. The topological polar surface area (TPSA) is 457 Å². The van der Waals surface area contributed by atoms with Crippen molar-refractivity contribution in [2.24, 2.45) is 0 Å². The molecule has 4 amide bonds. The Labute approximate surface area is 729 Å². The van der Waals surface area contributed by atoms with Gasteiger partial charge in [0.15, 0.2) is 21.1 Å². The lowest BCUT2D eigenvalue weighted by atomic mass is 9.90. The Balaban J connectivity index is 0.000000296. The Morgan fingerprint density at radius 3 is 1.10 bits per heavy atom. The average molecular weight is 1780 g/mol. The number of benzene rings is 10. The first kappa shape index (κ1) is 101. The van der Waals surface area contributed by atoms with Crippen LogP contribution in [-0.2, 0) is 48.7 Å². The molecule has 0 unspecified atom stereocenters. The van der Waals surface area contributed by atoms with Gasteiger partial charge < -0.3 is 91.1 Å². The number of aromatic hydroxyl groups is 2. The number of nitrogens with zero attached hydrogens (tertiary/aromatic N) is 2. The lowest BCUT2D eigenvalue weighted by molar-refractivity contribution is -0.125. The van der Waals surface area contributed by atoms with E-state index in [9.17, 15) is 75.6 Å². The fraction of sp³-hybridized carbons (Fsp3) is 0.250. The lowest BCUT2D eigenvalue weighted by Gasteiger charge is -2.18. The van der Waals surface area contributed by atoms with E-state index in [1.807, 2.05) is 74.4 Å². The summed E-state index contributed by atoms with van der Waals surface area (Å²) in [6.07, 6.45) is 0. The van der Waals surface area contributed by atoms with Crippen LogP contribution in [-0.4, -0.2) is 191 Å². The number of phenolic OH excluding ortho intramolecular Hbond substituents is 2. The molecule has 0 spiro atoms. The molecule has 36 heteroatoms. The van der Waals surface area contributed by atoms with Gasteiger partial charge in [-0.05, 0) is 133 Å². The highest BCUT2D eigenvalue weighted by molar-refractivity contribution is 7.90. The van der Waals surface area contributed by atoms with E-state index in [0.29, 0.717) is 104 Å². The normalized spacial score (nSPS) is 10.7. The number of fused-ring (bicyclic) bond motifs is 6. The van der Waals surface area contributed by atoms with E-state index in [0.717, 1.165) is 22.1 Å². The number of methoxy groups -OCH3 is 2. The predicted molar refractivity (Wildman–Crippen MR) is 496 cm³/mol. The first-order valence-corrected chi connectivity index (χ1v) is 40.6. The number of carboxylic acids is 2. The second-order valence-corrected chi connectivity index (χ2v) is 31.2. The minimum absolute atomic E-state index is 0. The van der Waals surface area contributed by atoms with E-state index >= 15 is 0 Å². The number of anilines is 4. The minimum Gasteiger partial charge on any atom is -0.508 e. The summed E-state index contributed by atoms with van der Waals surface area (Å²) in [5.74, 6) is -2.72. The number of phenols is 2. The zero-order chi connectivity index (χ0) is 87.1.